The van der Waals surface area contributed by atoms with E-state index in [9.17, 15) is 9.59 Å². The first-order chi connectivity index (χ1) is 11.0. The normalized spacial score (nSPS) is 10.6. The standard InChI is InChI=1S/C15H10ClN5O2/c16-10-3-1-8(2-4-10)5-12(22)21-15(23)11-6-9(7-17)13(18)19-14(11)20-21/h1-4,6H,5H2,(H3,18,19,20). The minimum Gasteiger partial charge on any atom is -0.383 e. The van der Waals surface area contributed by atoms with Crippen molar-refractivity contribution in [1.29, 1.82) is 5.26 Å². The van der Waals surface area contributed by atoms with Crippen molar-refractivity contribution in [3.05, 3.63) is 56.8 Å². The molecule has 0 spiro atoms. The molecule has 1 aromatic carbocycles. The van der Waals surface area contributed by atoms with Crippen LogP contribution in [-0.2, 0) is 6.42 Å². The summed E-state index contributed by atoms with van der Waals surface area (Å²) in [5.74, 6) is -0.453. The van der Waals surface area contributed by atoms with Gasteiger partial charge in [0.15, 0.2) is 5.65 Å². The van der Waals surface area contributed by atoms with Crippen molar-refractivity contribution >= 4 is 34.4 Å². The zero-order valence-electron chi connectivity index (χ0n) is 11.7. The summed E-state index contributed by atoms with van der Waals surface area (Å²) >= 11 is 5.79. The quantitative estimate of drug-likeness (QED) is 0.743. The first kappa shape index (κ1) is 14.8. The van der Waals surface area contributed by atoms with Gasteiger partial charge in [0.2, 0.25) is 0 Å². The van der Waals surface area contributed by atoms with Crippen molar-refractivity contribution in [2.45, 2.75) is 6.42 Å². The van der Waals surface area contributed by atoms with Crippen molar-refractivity contribution in [1.82, 2.24) is 14.8 Å². The number of hydrogen-bond acceptors (Lipinski definition) is 5. The monoisotopic (exact) mass is 327 g/mol. The predicted octanol–water partition coefficient (Wildman–Crippen LogP) is 1.71. The van der Waals surface area contributed by atoms with Gasteiger partial charge in [-0.25, -0.2) is 4.98 Å². The molecule has 0 saturated heterocycles. The maximum Gasteiger partial charge on any atom is 0.283 e. The Morgan fingerprint density at radius 2 is 2.09 bits per heavy atom. The number of nitriles is 1. The van der Waals surface area contributed by atoms with E-state index in [1.54, 1.807) is 24.3 Å². The van der Waals surface area contributed by atoms with Crippen LogP contribution >= 0.6 is 11.6 Å². The van der Waals surface area contributed by atoms with Gasteiger partial charge in [0.05, 0.1) is 17.4 Å². The minimum atomic E-state index is -0.567. The highest BCUT2D eigenvalue weighted by molar-refractivity contribution is 6.30. The van der Waals surface area contributed by atoms with Gasteiger partial charge in [-0.3, -0.25) is 14.7 Å². The van der Waals surface area contributed by atoms with Crippen LogP contribution in [0.3, 0.4) is 0 Å². The molecule has 3 N–H and O–H groups in total. The summed E-state index contributed by atoms with van der Waals surface area (Å²) in [5, 5.41) is 12.3. The summed E-state index contributed by atoms with van der Waals surface area (Å²) < 4.78 is 0.868. The molecule has 0 radical (unpaired) electrons. The highest BCUT2D eigenvalue weighted by Crippen LogP contribution is 2.14. The molecule has 2 aromatic heterocycles. The van der Waals surface area contributed by atoms with Gasteiger partial charge in [-0.15, -0.1) is 0 Å². The summed E-state index contributed by atoms with van der Waals surface area (Å²) in [5.41, 5.74) is 6.01. The van der Waals surface area contributed by atoms with Crippen LogP contribution in [0, 0.1) is 11.3 Å². The van der Waals surface area contributed by atoms with Crippen LogP contribution in [0.1, 0.15) is 15.9 Å². The van der Waals surface area contributed by atoms with E-state index in [4.69, 9.17) is 22.6 Å². The SMILES string of the molecule is N#Cc1cc2c(=O)n(C(=O)Cc3ccc(Cl)cc3)[nH]c2nc1N. The molecular formula is C15H10ClN5O2. The summed E-state index contributed by atoms with van der Waals surface area (Å²) in [4.78, 5) is 28.5. The van der Waals surface area contributed by atoms with E-state index in [-0.39, 0.29) is 28.8 Å². The van der Waals surface area contributed by atoms with Crippen molar-refractivity contribution in [3.63, 3.8) is 0 Å². The lowest BCUT2D eigenvalue weighted by Crippen LogP contribution is -2.25. The number of H-pyrrole nitrogens is 1. The largest absolute Gasteiger partial charge is 0.383 e. The van der Waals surface area contributed by atoms with E-state index >= 15 is 0 Å². The molecule has 0 aliphatic rings. The third-order valence-electron chi connectivity index (χ3n) is 3.34. The number of nitrogens with two attached hydrogens (primary N) is 1. The molecule has 8 heteroatoms. The molecule has 3 aromatic rings. The molecule has 0 amide bonds. The number of hydrogen-bond donors (Lipinski definition) is 2. The molecule has 0 fully saturated rings. The van der Waals surface area contributed by atoms with Crippen LogP contribution in [0.4, 0.5) is 5.82 Å². The number of rotatable bonds is 2. The highest BCUT2D eigenvalue weighted by atomic mass is 35.5. The summed E-state index contributed by atoms with van der Waals surface area (Å²) in [7, 11) is 0. The van der Waals surface area contributed by atoms with Crippen LogP contribution in [0.5, 0.6) is 0 Å². The number of aromatic nitrogens is 3. The summed E-state index contributed by atoms with van der Waals surface area (Å²) in [6.45, 7) is 0. The number of benzene rings is 1. The van der Waals surface area contributed by atoms with Gasteiger partial charge in [-0.05, 0) is 23.8 Å². The highest BCUT2D eigenvalue weighted by Gasteiger charge is 2.16. The Bertz CT molecular complexity index is 1010. The second-order valence-electron chi connectivity index (χ2n) is 4.88. The lowest BCUT2D eigenvalue weighted by atomic mass is 10.1. The molecule has 114 valence electrons. The number of anilines is 1. The van der Waals surface area contributed by atoms with Crippen LogP contribution in [-0.4, -0.2) is 20.7 Å². The molecule has 0 atom stereocenters. The molecule has 23 heavy (non-hydrogen) atoms. The Morgan fingerprint density at radius 1 is 1.39 bits per heavy atom. The Morgan fingerprint density at radius 3 is 2.74 bits per heavy atom. The molecule has 3 rings (SSSR count). The minimum absolute atomic E-state index is 0.00134. The Hall–Kier alpha value is -3.11. The molecule has 0 bridgehead atoms. The van der Waals surface area contributed by atoms with Crippen molar-refractivity contribution < 1.29 is 4.79 Å². The molecule has 0 saturated carbocycles. The van der Waals surface area contributed by atoms with Crippen LogP contribution in [0.25, 0.3) is 11.0 Å². The lowest BCUT2D eigenvalue weighted by molar-refractivity contribution is 0.0895. The van der Waals surface area contributed by atoms with E-state index in [1.807, 2.05) is 6.07 Å². The molecule has 2 heterocycles. The zero-order chi connectivity index (χ0) is 16.6. The molecule has 0 aliphatic carbocycles. The Balaban J connectivity index is 2.01. The van der Waals surface area contributed by atoms with Gasteiger partial charge < -0.3 is 5.73 Å². The summed E-state index contributed by atoms with van der Waals surface area (Å²) in [6, 6.07) is 9.92. The van der Waals surface area contributed by atoms with Crippen LogP contribution in [0.15, 0.2) is 35.1 Å². The van der Waals surface area contributed by atoms with Gasteiger partial charge in [0.1, 0.15) is 11.9 Å². The third kappa shape index (κ3) is 2.67. The van der Waals surface area contributed by atoms with Gasteiger partial charge in [-0.2, -0.15) is 9.94 Å². The second-order valence-corrected chi connectivity index (χ2v) is 5.31. The van der Waals surface area contributed by atoms with E-state index in [1.165, 1.54) is 6.07 Å². The fourth-order valence-corrected chi connectivity index (χ4v) is 2.30. The number of halogens is 1. The van der Waals surface area contributed by atoms with Gasteiger partial charge in [0.25, 0.3) is 11.5 Å². The molecule has 0 aliphatic heterocycles. The fourth-order valence-electron chi connectivity index (χ4n) is 2.17. The number of carbonyl (C=O) groups excluding carboxylic acids is 1. The number of nitrogen functional groups attached to an aromatic ring is 1. The number of carbonyl (C=O) groups is 1. The van der Waals surface area contributed by atoms with Crippen molar-refractivity contribution in [2.75, 3.05) is 5.73 Å². The second kappa shape index (κ2) is 5.59. The number of aromatic amines is 1. The number of nitrogens with one attached hydrogen (secondary N) is 1. The van der Waals surface area contributed by atoms with Crippen molar-refractivity contribution in [3.8, 4) is 6.07 Å². The van der Waals surface area contributed by atoms with Crippen LogP contribution in [0.2, 0.25) is 5.02 Å². The van der Waals surface area contributed by atoms with Crippen molar-refractivity contribution in [2.24, 2.45) is 0 Å². The number of fused-ring (bicyclic) bond motifs is 1. The topological polar surface area (TPSA) is 118 Å². The maximum absolute atomic E-state index is 12.3. The predicted molar refractivity (Wildman–Crippen MR) is 85.3 cm³/mol. The first-order valence-electron chi connectivity index (χ1n) is 6.58. The average Bonchev–Trinajstić information content (AvgIpc) is 2.85. The first-order valence-corrected chi connectivity index (χ1v) is 6.96. The van der Waals surface area contributed by atoms with Gasteiger partial charge in [-0.1, -0.05) is 23.7 Å². The van der Waals surface area contributed by atoms with E-state index in [0.29, 0.717) is 5.02 Å². The van der Waals surface area contributed by atoms with E-state index in [2.05, 4.69) is 10.1 Å². The number of nitrogens with zero attached hydrogens (tertiary/aromatic N) is 3. The zero-order valence-corrected chi connectivity index (χ0v) is 12.5. The molecule has 0 unspecified atom stereocenters. The molecule has 7 nitrogen and oxygen atoms in total. The van der Waals surface area contributed by atoms with Crippen LogP contribution < -0.4 is 11.3 Å². The Kier molecular flexibility index (Phi) is 3.60. The Labute approximate surface area is 134 Å². The maximum atomic E-state index is 12.3. The fraction of sp³-hybridized carbons (Fsp3) is 0.0667. The third-order valence-corrected chi connectivity index (χ3v) is 3.59. The van der Waals surface area contributed by atoms with Gasteiger partial charge in [0, 0.05) is 5.02 Å². The van der Waals surface area contributed by atoms with E-state index < -0.39 is 11.5 Å². The van der Waals surface area contributed by atoms with Gasteiger partial charge >= 0.3 is 0 Å². The molecular weight excluding hydrogens is 318 g/mol. The smallest absolute Gasteiger partial charge is 0.283 e. The average molecular weight is 328 g/mol. The van der Waals surface area contributed by atoms with E-state index in [0.717, 1.165) is 10.2 Å². The lowest BCUT2D eigenvalue weighted by Gasteiger charge is -2.01. The number of pyridine rings is 1. The summed E-state index contributed by atoms with van der Waals surface area (Å²) in [6.07, 6.45) is 0.0183.